The van der Waals surface area contributed by atoms with Gasteiger partial charge in [0.2, 0.25) is 0 Å². The number of rotatable bonds is 5. The lowest BCUT2D eigenvalue weighted by Gasteiger charge is -2.28. The monoisotopic (exact) mass is 310 g/mol. The van der Waals surface area contributed by atoms with E-state index in [0.717, 1.165) is 23.7 Å². The van der Waals surface area contributed by atoms with Crippen LogP contribution in [0.15, 0.2) is 36.4 Å². The van der Waals surface area contributed by atoms with E-state index < -0.39 is 0 Å². The molecule has 2 atom stereocenters. The van der Waals surface area contributed by atoms with Crippen LogP contribution in [0.4, 0.5) is 0 Å². The van der Waals surface area contributed by atoms with Gasteiger partial charge in [0.25, 0.3) is 0 Å². The van der Waals surface area contributed by atoms with Crippen molar-refractivity contribution in [3.05, 3.63) is 47.5 Å². The molecule has 0 heteroatoms. The van der Waals surface area contributed by atoms with Crippen molar-refractivity contribution in [1.82, 2.24) is 0 Å². The summed E-state index contributed by atoms with van der Waals surface area (Å²) in [5.74, 6) is 3.44. The second-order valence-corrected chi connectivity index (χ2v) is 8.11. The highest BCUT2D eigenvalue weighted by atomic mass is 14.3. The third-order valence-electron chi connectivity index (χ3n) is 6.38. The summed E-state index contributed by atoms with van der Waals surface area (Å²) < 4.78 is 0. The van der Waals surface area contributed by atoms with E-state index in [2.05, 4.69) is 50.3 Å². The van der Waals surface area contributed by atoms with Gasteiger partial charge < -0.3 is 0 Å². The van der Waals surface area contributed by atoms with Gasteiger partial charge in [0.15, 0.2) is 0 Å². The second kappa shape index (κ2) is 8.18. The molecule has 0 nitrogen and oxygen atoms in total. The van der Waals surface area contributed by atoms with Crippen LogP contribution in [0.2, 0.25) is 0 Å². The Hall–Kier alpha value is -1.04. The Morgan fingerprint density at radius 3 is 2.22 bits per heavy atom. The Bertz CT molecular complexity index is 487. The zero-order chi connectivity index (χ0) is 16.1. The topological polar surface area (TPSA) is 0 Å². The maximum atomic E-state index is 2.47. The van der Waals surface area contributed by atoms with E-state index in [1.807, 2.05) is 0 Å². The van der Waals surface area contributed by atoms with Crippen molar-refractivity contribution in [2.45, 2.75) is 77.6 Å². The minimum Gasteiger partial charge on any atom is -0.0854 e. The maximum absolute atomic E-state index is 2.47. The molecule has 1 fully saturated rings. The molecular formula is C23H34. The molecule has 0 spiro atoms. The molecule has 2 aliphatic carbocycles. The quantitative estimate of drug-likeness (QED) is 0.518. The maximum Gasteiger partial charge on any atom is -0.0162 e. The smallest absolute Gasteiger partial charge is 0.0162 e. The van der Waals surface area contributed by atoms with Gasteiger partial charge in [0.05, 0.1) is 0 Å². The van der Waals surface area contributed by atoms with Gasteiger partial charge in [-0.25, -0.2) is 0 Å². The Morgan fingerprint density at radius 2 is 1.61 bits per heavy atom. The average Bonchev–Trinajstić information content (AvgIpc) is 2.62. The summed E-state index contributed by atoms with van der Waals surface area (Å²) in [4.78, 5) is 0. The SMILES string of the molecule is CCC1CCC(c2ccc(CCC3C=CC(C)CC3)cc2)CC1. The van der Waals surface area contributed by atoms with Crippen LogP contribution in [-0.4, -0.2) is 0 Å². The summed E-state index contributed by atoms with van der Waals surface area (Å²) in [6.45, 7) is 4.68. The molecule has 2 unspecified atom stereocenters. The molecule has 126 valence electrons. The van der Waals surface area contributed by atoms with Crippen LogP contribution in [0.3, 0.4) is 0 Å². The Kier molecular flexibility index (Phi) is 5.97. The van der Waals surface area contributed by atoms with Crippen molar-refractivity contribution in [3.63, 3.8) is 0 Å². The molecule has 1 aromatic carbocycles. The fourth-order valence-electron chi connectivity index (χ4n) is 4.47. The molecule has 1 saturated carbocycles. The minimum absolute atomic E-state index is 0.799. The Morgan fingerprint density at radius 1 is 0.870 bits per heavy atom. The summed E-state index contributed by atoms with van der Waals surface area (Å²) in [7, 11) is 0. The molecule has 0 saturated heterocycles. The predicted molar refractivity (Wildman–Crippen MR) is 101 cm³/mol. The summed E-state index contributed by atoms with van der Waals surface area (Å²) in [6.07, 6.45) is 17.3. The summed E-state index contributed by atoms with van der Waals surface area (Å²) in [5, 5.41) is 0. The molecule has 2 aliphatic rings. The second-order valence-electron chi connectivity index (χ2n) is 8.11. The van der Waals surface area contributed by atoms with Crippen LogP contribution in [0.5, 0.6) is 0 Å². The minimum atomic E-state index is 0.799. The molecule has 0 N–H and O–H groups in total. The van der Waals surface area contributed by atoms with E-state index in [1.165, 1.54) is 63.4 Å². The van der Waals surface area contributed by atoms with Crippen LogP contribution >= 0.6 is 0 Å². The fraction of sp³-hybridized carbons (Fsp3) is 0.652. The first-order valence-corrected chi connectivity index (χ1v) is 10.0. The number of hydrogen-bond acceptors (Lipinski definition) is 0. The highest BCUT2D eigenvalue weighted by Crippen LogP contribution is 2.37. The lowest BCUT2D eigenvalue weighted by Crippen LogP contribution is -2.12. The van der Waals surface area contributed by atoms with Gasteiger partial charge in [-0.2, -0.15) is 0 Å². The predicted octanol–water partition coefficient (Wildman–Crippen LogP) is 6.91. The van der Waals surface area contributed by atoms with Gasteiger partial charge in [0.1, 0.15) is 0 Å². The zero-order valence-electron chi connectivity index (χ0n) is 15.1. The van der Waals surface area contributed by atoms with Crippen molar-refractivity contribution in [2.75, 3.05) is 0 Å². The number of benzene rings is 1. The van der Waals surface area contributed by atoms with Gasteiger partial charge in [-0.3, -0.25) is 0 Å². The van der Waals surface area contributed by atoms with Crippen molar-refractivity contribution >= 4 is 0 Å². The van der Waals surface area contributed by atoms with Crippen LogP contribution in [0.25, 0.3) is 0 Å². The molecule has 0 aliphatic heterocycles. The van der Waals surface area contributed by atoms with E-state index >= 15 is 0 Å². The molecule has 0 heterocycles. The standard InChI is InChI=1S/C23H34/c1-3-19-10-14-22(15-11-19)23-16-12-21(13-17-23)9-8-20-6-4-18(2)5-7-20/h4,6,12-13,16-20,22H,3,5,7-11,14-15H2,1-2H3. The first-order valence-electron chi connectivity index (χ1n) is 10.0. The third kappa shape index (κ3) is 4.72. The fourth-order valence-corrected chi connectivity index (χ4v) is 4.47. The molecule has 0 aromatic heterocycles. The Labute approximate surface area is 143 Å². The van der Waals surface area contributed by atoms with E-state index in [9.17, 15) is 0 Å². The summed E-state index contributed by atoms with van der Waals surface area (Å²) >= 11 is 0. The summed E-state index contributed by atoms with van der Waals surface area (Å²) in [6, 6.07) is 9.64. The largest absolute Gasteiger partial charge is 0.0854 e. The molecule has 0 bridgehead atoms. The zero-order valence-corrected chi connectivity index (χ0v) is 15.1. The van der Waals surface area contributed by atoms with Gasteiger partial charge >= 0.3 is 0 Å². The lowest BCUT2D eigenvalue weighted by atomic mass is 9.77. The first-order chi connectivity index (χ1) is 11.2. The highest BCUT2D eigenvalue weighted by molar-refractivity contribution is 5.26. The van der Waals surface area contributed by atoms with Crippen molar-refractivity contribution in [3.8, 4) is 0 Å². The first kappa shape index (κ1) is 16.8. The van der Waals surface area contributed by atoms with Crippen LogP contribution in [-0.2, 0) is 6.42 Å². The molecule has 0 radical (unpaired) electrons. The van der Waals surface area contributed by atoms with Crippen LogP contribution in [0, 0.1) is 17.8 Å². The normalized spacial score (nSPS) is 31.2. The van der Waals surface area contributed by atoms with Gasteiger partial charge in [-0.15, -0.1) is 0 Å². The van der Waals surface area contributed by atoms with Gasteiger partial charge in [-0.05, 0) is 86.2 Å². The van der Waals surface area contributed by atoms with Gasteiger partial charge in [-0.1, -0.05) is 56.7 Å². The van der Waals surface area contributed by atoms with Crippen molar-refractivity contribution in [1.29, 1.82) is 0 Å². The lowest BCUT2D eigenvalue weighted by molar-refractivity contribution is 0.319. The van der Waals surface area contributed by atoms with E-state index in [4.69, 9.17) is 0 Å². The average molecular weight is 311 g/mol. The van der Waals surface area contributed by atoms with E-state index in [-0.39, 0.29) is 0 Å². The molecular weight excluding hydrogens is 276 g/mol. The summed E-state index contributed by atoms with van der Waals surface area (Å²) in [5.41, 5.74) is 3.12. The van der Waals surface area contributed by atoms with Crippen LogP contribution in [0.1, 0.15) is 82.3 Å². The van der Waals surface area contributed by atoms with E-state index in [1.54, 1.807) is 5.56 Å². The number of aryl methyl sites for hydroxylation is 1. The number of allylic oxidation sites excluding steroid dienone is 2. The molecule has 0 amide bonds. The van der Waals surface area contributed by atoms with Crippen molar-refractivity contribution < 1.29 is 0 Å². The molecule has 3 rings (SSSR count). The molecule has 1 aromatic rings. The Balaban J connectivity index is 1.48. The van der Waals surface area contributed by atoms with Gasteiger partial charge in [0, 0.05) is 0 Å². The van der Waals surface area contributed by atoms with Crippen LogP contribution < -0.4 is 0 Å². The van der Waals surface area contributed by atoms with Crippen molar-refractivity contribution in [2.24, 2.45) is 17.8 Å². The van der Waals surface area contributed by atoms with E-state index in [0.29, 0.717) is 0 Å². The highest BCUT2D eigenvalue weighted by Gasteiger charge is 2.21. The number of hydrogen-bond donors (Lipinski definition) is 0. The third-order valence-corrected chi connectivity index (χ3v) is 6.38. The molecule has 23 heavy (non-hydrogen) atoms.